The Bertz CT molecular complexity index is 854. The van der Waals surface area contributed by atoms with Crippen LogP contribution >= 0.6 is 0 Å². The third-order valence-corrected chi connectivity index (χ3v) is 3.98. The Balaban J connectivity index is 2.46. The molecule has 0 aliphatic carbocycles. The molecule has 0 aliphatic heterocycles. The average molecular weight is 273 g/mol. The molecule has 0 saturated heterocycles. The molecular formula is C16H15B2N2O. The number of primary amides is 1. The predicted octanol–water partition coefficient (Wildman–Crippen LogP) is 1.01. The highest BCUT2D eigenvalue weighted by Gasteiger charge is 2.18. The molecule has 2 N–H and O–H groups in total. The van der Waals surface area contributed by atoms with Gasteiger partial charge in [0.25, 0.3) is 0 Å². The summed E-state index contributed by atoms with van der Waals surface area (Å²) in [7, 11) is 7.97. The molecule has 0 fully saturated rings. The molecule has 21 heavy (non-hydrogen) atoms. The zero-order chi connectivity index (χ0) is 15.1. The third-order valence-electron chi connectivity index (χ3n) is 3.98. The van der Waals surface area contributed by atoms with Crippen molar-refractivity contribution in [3.63, 3.8) is 0 Å². The number of nitrogens with two attached hydrogens (primary N) is 1. The van der Waals surface area contributed by atoms with Crippen LogP contribution in [0.1, 0.15) is 13.0 Å². The van der Waals surface area contributed by atoms with Gasteiger partial charge < -0.3 is 10.3 Å². The molecule has 0 saturated carbocycles. The molecule has 2 aromatic carbocycles. The highest BCUT2D eigenvalue weighted by Crippen LogP contribution is 2.30. The normalized spacial score (nSPS) is 12.7. The Morgan fingerprint density at radius 1 is 1.19 bits per heavy atom. The van der Waals surface area contributed by atoms with Crippen molar-refractivity contribution < 1.29 is 4.79 Å². The minimum atomic E-state index is -0.412. The highest BCUT2D eigenvalue weighted by atomic mass is 16.1. The monoisotopic (exact) mass is 273 g/mol. The molecule has 3 rings (SSSR count). The summed E-state index contributed by atoms with van der Waals surface area (Å²) in [6.07, 6.45) is 0. The molecule has 3 aromatic rings. The molecular weight excluding hydrogens is 258 g/mol. The van der Waals surface area contributed by atoms with Gasteiger partial charge in [-0.15, -0.1) is 0 Å². The molecule has 1 atom stereocenters. The lowest BCUT2D eigenvalue weighted by atomic mass is 9.73. The van der Waals surface area contributed by atoms with E-state index in [2.05, 4.69) is 6.07 Å². The Hall–Kier alpha value is -2.16. The third kappa shape index (κ3) is 2.13. The first-order chi connectivity index (χ1) is 10.0. The summed E-state index contributed by atoms with van der Waals surface area (Å²) in [6.45, 7) is 3.82. The first-order valence-corrected chi connectivity index (χ1v) is 6.95. The van der Waals surface area contributed by atoms with Crippen LogP contribution in [-0.2, 0) is 4.79 Å². The van der Waals surface area contributed by atoms with Gasteiger partial charge >= 0.3 is 0 Å². The predicted molar refractivity (Wildman–Crippen MR) is 90.0 cm³/mol. The zero-order valence-corrected chi connectivity index (χ0v) is 12.1. The summed E-state index contributed by atoms with van der Waals surface area (Å²) < 4.78 is 1.98. The van der Waals surface area contributed by atoms with Gasteiger partial charge in [-0.25, -0.2) is 0 Å². The van der Waals surface area contributed by atoms with E-state index in [9.17, 15) is 4.79 Å². The molecule has 3 radical (unpaired) electrons. The van der Waals surface area contributed by atoms with Gasteiger partial charge in [-0.05, 0) is 19.1 Å². The molecule has 3 nitrogen and oxygen atoms in total. The maximum absolute atomic E-state index is 11.6. The number of carbonyl (C=O) groups is 1. The Kier molecular flexibility index (Phi) is 3.28. The van der Waals surface area contributed by atoms with Crippen molar-refractivity contribution in [1.82, 2.24) is 4.57 Å². The fraction of sp³-hybridized carbons (Fsp3) is 0.188. The van der Waals surface area contributed by atoms with Crippen molar-refractivity contribution in [3.05, 3.63) is 36.4 Å². The van der Waals surface area contributed by atoms with Crippen molar-refractivity contribution in [2.24, 2.45) is 5.73 Å². The molecule has 0 spiro atoms. The van der Waals surface area contributed by atoms with Crippen LogP contribution in [0.2, 0.25) is 6.82 Å². The Morgan fingerprint density at radius 3 is 2.43 bits per heavy atom. The number of fused-ring (bicyclic) bond motifs is 3. The molecule has 0 bridgehead atoms. The lowest BCUT2D eigenvalue weighted by Gasteiger charge is -2.13. The van der Waals surface area contributed by atoms with E-state index < -0.39 is 6.04 Å². The van der Waals surface area contributed by atoms with E-state index in [1.54, 1.807) is 0 Å². The second-order valence-electron chi connectivity index (χ2n) is 5.29. The molecule has 0 aliphatic rings. The van der Waals surface area contributed by atoms with Gasteiger partial charge in [-0.3, -0.25) is 4.79 Å². The van der Waals surface area contributed by atoms with Gasteiger partial charge in [-0.1, -0.05) is 42.0 Å². The molecule has 1 amide bonds. The summed E-state index contributed by atoms with van der Waals surface area (Å²) in [5.41, 5.74) is 9.31. The fourth-order valence-corrected chi connectivity index (χ4v) is 2.81. The number of benzene rings is 2. The van der Waals surface area contributed by atoms with Crippen LogP contribution in [-0.4, -0.2) is 25.6 Å². The number of rotatable bonds is 3. The second-order valence-corrected chi connectivity index (χ2v) is 5.29. The number of aromatic nitrogens is 1. The Labute approximate surface area is 125 Å². The second kappa shape index (κ2) is 4.99. The highest BCUT2D eigenvalue weighted by molar-refractivity contribution is 6.52. The maximum Gasteiger partial charge on any atom is 0.240 e. The summed E-state index contributed by atoms with van der Waals surface area (Å²) in [5, 5.41) is 2.13. The van der Waals surface area contributed by atoms with Gasteiger partial charge in [-0.2, -0.15) is 0 Å². The van der Waals surface area contributed by atoms with Crippen molar-refractivity contribution in [3.8, 4) is 0 Å². The number of hydrogen-bond acceptors (Lipinski definition) is 1. The van der Waals surface area contributed by atoms with Gasteiger partial charge in [0.15, 0.2) is 0 Å². The van der Waals surface area contributed by atoms with E-state index in [0.717, 1.165) is 27.3 Å². The number of amides is 1. The van der Waals surface area contributed by atoms with E-state index in [1.165, 1.54) is 0 Å². The van der Waals surface area contributed by atoms with Crippen LogP contribution < -0.4 is 16.7 Å². The molecule has 1 heterocycles. The van der Waals surface area contributed by atoms with E-state index in [0.29, 0.717) is 5.46 Å². The van der Waals surface area contributed by atoms with Crippen molar-refractivity contribution in [2.75, 3.05) is 0 Å². The molecule has 5 heteroatoms. The molecule has 1 unspecified atom stereocenters. The maximum atomic E-state index is 11.6. The number of hydrogen-bond donors (Lipinski definition) is 1. The van der Waals surface area contributed by atoms with Gasteiger partial charge in [0.2, 0.25) is 5.91 Å². The van der Waals surface area contributed by atoms with Gasteiger partial charge in [0.05, 0.1) is 0 Å². The van der Waals surface area contributed by atoms with Crippen LogP contribution in [0, 0.1) is 0 Å². The van der Waals surface area contributed by atoms with Crippen LogP contribution in [0.5, 0.6) is 0 Å². The topological polar surface area (TPSA) is 48.0 Å². The van der Waals surface area contributed by atoms with Crippen molar-refractivity contribution in [2.45, 2.75) is 19.8 Å². The molecule has 101 valence electrons. The summed E-state index contributed by atoms with van der Waals surface area (Å²) >= 11 is 0. The van der Waals surface area contributed by atoms with Gasteiger partial charge in [0.1, 0.15) is 21.2 Å². The minimum Gasteiger partial charge on any atom is -0.368 e. The lowest BCUT2D eigenvalue weighted by molar-refractivity contribution is -0.120. The Morgan fingerprint density at radius 2 is 1.81 bits per heavy atom. The van der Waals surface area contributed by atoms with Crippen LogP contribution in [0.3, 0.4) is 0 Å². The molecule has 1 aromatic heterocycles. The first kappa shape index (κ1) is 13.8. The lowest BCUT2D eigenvalue weighted by Crippen LogP contribution is -2.24. The summed E-state index contributed by atoms with van der Waals surface area (Å²) in [5.74, 6) is -0.350. The van der Waals surface area contributed by atoms with E-state index in [-0.39, 0.29) is 5.91 Å². The standard InChI is InChI=1S/C16H15B2N2O/c1-9(16(19)21)20-14-5-3-10(17)7-12(14)13-8-11(18-2)4-6-15(13)20/h3-9H,1-2H3,(H2,19,21). The fourth-order valence-electron chi connectivity index (χ4n) is 2.81. The minimum absolute atomic E-state index is 0.350. The summed E-state index contributed by atoms with van der Waals surface area (Å²) in [4.78, 5) is 11.6. The van der Waals surface area contributed by atoms with Crippen LogP contribution in [0.15, 0.2) is 36.4 Å². The summed E-state index contributed by atoms with van der Waals surface area (Å²) in [6, 6.07) is 11.5. The number of nitrogens with zero attached hydrogens (tertiary/aromatic N) is 1. The average Bonchev–Trinajstić information content (AvgIpc) is 2.79. The van der Waals surface area contributed by atoms with E-state index in [1.807, 2.05) is 55.9 Å². The van der Waals surface area contributed by atoms with Gasteiger partial charge in [0, 0.05) is 21.8 Å². The quantitative estimate of drug-likeness (QED) is 0.711. The zero-order valence-electron chi connectivity index (χ0n) is 12.1. The van der Waals surface area contributed by atoms with E-state index in [4.69, 9.17) is 13.6 Å². The SMILES string of the molecule is [B]c1ccc2c(c1)c1cc([B]C)ccc1n2C(C)C(N)=O. The van der Waals surface area contributed by atoms with Crippen LogP contribution in [0.4, 0.5) is 0 Å². The van der Waals surface area contributed by atoms with Crippen molar-refractivity contribution in [1.29, 1.82) is 0 Å². The van der Waals surface area contributed by atoms with E-state index >= 15 is 0 Å². The van der Waals surface area contributed by atoms with Crippen molar-refractivity contribution >= 4 is 53.8 Å². The largest absolute Gasteiger partial charge is 0.368 e. The number of carbonyl (C=O) groups excluding carboxylic acids is 1. The van der Waals surface area contributed by atoms with Crippen LogP contribution in [0.25, 0.3) is 21.8 Å². The first-order valence-electron chi connectivity index (χ1n) is 6.95. The smallest absolute Gasteiger partial charge is 0.240 e.